The number of aryl methyl sites for hydroxylation is 1. The van der Waals surface area contributed by atoms with Crippen molar-refractivity contribution in [3.05, 3.63) is 131 Å². The van der Waals surface area contributed by atoms with Crippen molar-refractivity contribution < 1.29 is 9.15 Å². The van der Waals surface area contributed by atoms with Crippen molar-refractivity contribution in [1.82, 2.24) is 0 Å². The van der Waals surface area contributed by atoms with E-state index >= 15 is 0 Å². The van der Waals surface area contributed by atoms with E-state index < -0.39 is 0 Å². The molecule has 1 aromatic heterocycles. The van der Waals surface area contributed by atoms with Gasteiger partial charge in [0.1, 0.15) is 29.7 Å². The van der Waals surface area contributed by atoms with Crippen LogP contribution in [-0.4, -0.2) is 6.21 Å². The second-order valence-corrected chi connectivity index (χ2v) is 8.44. The Labute approximate surface area is 210 Å². The summed E-state index contributed by atoms with van der Waals surface area (Å²) >= 11 is 0. The number of benzene rings is 4. The van der Waals surface area contributed by atoms with Crippen LogP contribution in [0.25, 0.3) is 22.5 Å². The summed E-state index contributed by atoms with van der Waals surface area (Å²) in [5, 5.41) is 10.1. The molecule has 0 unspecified atom stereocenters. The fourth-order valence-corrected chi connectivity index (χ4v) is 3.96. The first-order valence-corrected chi connectivity index (χ1v) is 11.7. The smallest absolute Gasteiger partial charge is 0.238 e. The van der Waals surface area contributed by atoms with E-state index in [-0.39, 0.29) is 5.88 Å². The number of nitriles is 1. The first-order valence-electron chi connectivity index (χ1n) is 11.7. The van der Waals surface area contributed by atoms with Crippen LogP contribution >= 0.6 is 0 Å². The van der Waals surface area contributed by atoms with Crippen LogP contribution in [-0.2, 0) is 6.61 Å². The predicted octanol–water partition coefficient (Wildman–Crippen LogP) is 8.12. The van der Waals surface area contributed by atoms with E-state index in [4.69, 9.17) is 9.15 Å². The Morgan fingerprint density at radius 1 is 0.833 bits per heavy atom. The molecule has 0 fully saturated rings. The van der Waals surface area contributed by atoms with E-state index in [2.05, 4.69) is 42.3 Å². The third-order valence-corrected chi connectivity index (χ3v) is 5.81. The Balaban J connectivity index is 1.45. The van der Waals surface area contributed by atoms with Gasteiger partial charge in [0.25, 0.3) is 0 Å². The molecule has 0 amide bonds. The molecule has 36 heavy (non-hydrogen) atoms. The van der Waals surface area contributed by atoms with Gasteiger partial charge in [-0.25, -0.2) is 4.99 Å². The fourth-order valence-electron chi connectivity index (χ4n) is 3.96. The quantitative estimate of drug-likeness (QED) is 0.227. The molecule has 0 atom stereocenters. The zero-order valence-electron chi connectivity index (χ0n) is 19.9. The first-order chi connectivity index (χ1) is 17.7. The number of hydrogen-bond donors (Lipinski definition) is 0. The van der Waals surface area contributed by atoms with E-state index in [1.165, 1.54) is 5.56 Å². The number of ether oxygens (including phenoxy) is 1. The van der Waals surface area contributed by atoms with Gasteiger partial charge in [-0.05, 0) is 35.7 Å². The second-order valence-electron chi connectivity index (χ2n) is 8.44. The molecule has 0 aliphatic rings. The van der Waals surface area contributed by atoms with Crippen LogP contribution in [0.15, 0.2) is 119 Å². The lowest BCUT2D eigenvalue weighted by Gasteiger charge is -2.07. The minimum atomic E-state index is 0.279. The molecule has 0 N–H and O–H groups in total. The molecule has 0 bridgehead atoms. The van der Waals surface area contributed by atoms with Crippen LogP contribution in [0.4, 0.5) is 5.88 Å². The highest BCUT2D eigenvalue weighted by molar-refractivity contribution is 5.90. The molecule has 0 aliphatic heterocycles. The largest absolute Gasteiger partial charge is 0.489 e. The third-order valence-electron chi connectivity index (χ3n) is 5.81. The zero-order chi connectivity index (χ0) is 24.7. The number of aliphatic imine (C=N–C) groups is 1. The van der Waals surface area contributed by atoms with Crippen LogP contribution in [0.1, 0.15) is 22.3 Å². The lowest BCUT2D eigenvalue weighted by molar-refractivity contribution is 0.306. The van der Waals surface area contributed by atoms with Crippen LogP contribution in [0.5, 0.6) is 5.75 Å². The molecule has 0 aliphatic carbocycles. The average Bonchev–Trinajstić information content (AvgIpc) is 3.31. The van der Waals surface area contributed by atoms with Crippen LogP contribution in [0.2, 0.25) is 0 Å². The second kappa shape index (κ2) is 10.6. The topological polar surface area (TPSA) is 58.5 Å². The summed E-state index contributed by atoms with van der Waals surface area (Å²) < 4.78 is 12.2. The molecule has 4 heteroatoms. The molecule has 0 radical (unpaired) electrons. The number of hydrogen-bond acceptors (Lipinski definition) is 4. The van der Waals surface area contributed by atoms with Gasteiger partial charge in [0.05, 0.1) is 0 Å². The van der Waals surface area contributed by atoms with Gasteiger partial charge in [-0.1, -0.05) is 103 Å². The summed E-state index contributed by atoms with van der Waals surface area (Å²) in [6.07, 6.45) is 1.70. The highest BCUT2D eigenvalue weighted by atomic mass is 16.5. The summed E-state index contributed by atoms with van der Waals surface area (Å²) in [5.74, 6) is 1.65. The maximum atomic E-state index is 10.1. The van der Waals surface area contributed by atoms with Gasteiger partial charge in [-0.15, -0.1) is 0 Å². The molecule has 0 saturated carbocycles. The molecule has 174 valence electrons. The Hall–Kier alpha value is -4.88. The van der Waals surface area contributed by atoms with Crippen molar-refractivity contribution in [2.24, 2.45) is 4.99 Å². The summed E-state index contributed by atoms with van der Waals surface area (Å²) in [7, 11) is 0. The number of rotatable bonds is 7. The Morgan fingerprint density at radius 2 is 1.53 bits per heavy atom. The highest BCUT2D eigenvalue weighted by Crippen LogP contribution is 2.42. The Bertz CT molecular complexity index is 1530. The van der Waals surface area contributed by atoms with Crippen molar-refractivity contribution >= 4 is 12.1 Å². The molecule has 5 rings (SSSR count). The number of nitrogens with zero attached hydrogens (tertiary/aromatic N) is 2. The monoisotopic (exact) mass is 468 g/mol. The van der Waals surface area contributed by atoms with Crippen LogP contribution in [0, 0.1) is 18.3 Å². The van der Waals surface area contributed by atoms with Crippen molar-refractivity contribution in [3.8, 4) is 34.3 Å². The molecular formula is C32H24N2O2. The van der Waals surface area contributed by atoms with Gasteiger partial charge >= 0.3 is 0 Å². The number of furan rings is 1. The third kappa shape index (κ3) is 5.11. The van der Waals surface area contributed by atoms with Crippen molar-refractivity contribution in [2.75, 3.05) is 0 Å². The van der Waals surface area contributed by atoms with Gasteiger partial charge < -0.3 is 9.15 Å². The van der Waals surface area contributed by atoms with Gasteiger partial charge in [-0.3, -0.25) is 0 Å². The molecule has 0 spiro atoms. The normalized spacial score (nSPS) is 10.9. The van der Waals surface area contributed by atoms with E-state index in [1.54, 1.807) is 6.21 Å². The maximum Gasteiger partial charge on any atom is 0.238 e. The van der Waals surface area contributed by atoms with Crippen molar-refractivity contribution in [1.29, 1.82) is 5.26 Å². The zero-order valence-corrected chi connectivity index (χ0v) is 19.9. The first kappa shape index (κ1) is 22.9. The van der Waals surface area contributed by atoms with E-state index in [1.807, 2.05) is 84.9 Å². The van der Waals surface area contributed by atoms with Crippen molar-refractivity contribution in [3.63, 3.8) is 0 Å². The molecular weight excluding hydrogens is 444 g/mol. The predicted molar refractivity (Wildman–Crippen MR) is 144 cm³/mol. The van der Waals surface area contributed by atoms with Crippen LogP contribution in [0.3, 0.4) is 0 Å². The summed E-state index contributed by atoms with van der Waals surface area (Å²) in [5.41, 5.74) is 6.12. The van der Waals surface area contributed by atoms with Crippen LogP contribution < -0.4 is 4.74 Å². The lowest BCUT2D eigenvalue weighted by atomic mass is 9.98. The molecule has 4 aromatic carbocycles. The minimum Gasteiger partial charge on any atom is -0.489 e. The standard InChI is InChI=1S/C32H24N2O2/c1-23-15-17-24(18-16-23)22-35-28-14-8-9-25(19-28)21-34-32-29(20-33)30(26-10-4-2-5-11-26)31(36-32)27-12-6-3-7-13-27/h2-19,21H,22H2,1H3. The molecule has 4 nitrogen and oxygen atoms in total. The van der Waals surface area contributed by atoms with E-state index in [0.717, 1.165) is 33.6 Å². The van der Waals surface area contributed by atoms with E-state index in [9.17, 15) is 5.26 Å². The lowest BCUT2D eigenvalue weighted by Crippen LogP contribution is -1.96. The van der Waals surface area contributed by atoms with Crippen molar-refractivity contribution in [2.45, 2.75) is 13.5 Å². The molecule has 1 heterocycles. The minimum absolute atomic E-state index is 0.279. The van der Waals surface area contributed by atoms with Gasteiger partial charge in [0.2, 0.25) is 5.88 Å². The maximum absolute atomic E-state index is 10.1. The summed E-state index contributed by atoms with van der Waals surface area (Å²) in [6, 6.07) is 37.9. The Morgan fingerprint density at radius 3 is 2.22 bits per heavy atom. The van der Waals surface area contributed by atoms with E-state index in [0.29, 0.717) is 17.9 Å². The molecule has 5 aromatic rings. The summed E-state index contributed by atoms with van der Waals surface area (Å²) in [6.45, 7) is 2.55. The fraction of sp³-hybridized carbons (Fsp3) is 0.0625. The summed E-state index contributed by atoms with van der Waals surface area (Å²) in [4.78, 5) is 4.58. The van der Waals surface area contributed by atoms with Gasteiger partial charge in [0, 0.05) is 17.3 Å². The SMILES string of the molecule is Cc1ccc(COc2cccc(C=Nc3oc(-c4ccccc4)c(-c4ccccc4)c3C#N)c2)cc1. The average molecular weight is 469 g/mol. The Kier molecular flexibility index (Phi) is 6.73. The van der Waals surface area contributed by atoms with Gasteiger partial charge in [0.15, 0.2) is 0 Å². The highest BCUT2D eigenvalue weighted by Gasteiger charge is 2.22. The van der Waals surface area contributed by atoms with Gasteiger partial charge in [-0.2, -0.15) is 5.26 Å². The molecule has 0 saturated heterocycles.